The summed E-state index contributed by atoms with van der Waals surface area (Å²) in [4.78, 5) is 13.6. The van der Waals surface area contributed by atoms with Gasteiger partial charge in [-0.05, 0) is 67.3 Å². The molecule has 0 aliphatic carbocycles. The first-order valence-electron chi connectivity index (χ1n) is 11.4. The summed E-state index contributed by atoms with van der Waals surface area (Å²) in [5.74, 6) is 1.24. The monoisotopic (exact) mass is 558 g/mol. The molecule has 0 aliphatic rings. The summed E-state index contributed by atoms with van der Waals surface area (Å²) in [6, 6.07) is 19.2. The number of thiophene rings is 1. The summed E-state index contributed by atoms with van der Waals surface area (Å²) in [6.07, 6.45) is 1.22. The third kappa shape index (κ3) is 6.24. The highest BCUT2D eigenvalue weighted by molar-refractivity contribution is 7.91. The van der Waals surface area contributed by atoms with Gasteiger partial charge in [-0.1, -0.05) is 17.7 Å². The summed E-state index contributed by atoms with van der Waals surface area (Å²) in [5, 5.41) is 4.30. The number of rotatable bonds is 9. The number of hydrogen-bond acceptors (Lipinski definition) is 7. The fourth-order valence-corrected chi connectivity index (χ4v) is 5.16. The van der Waals surface area contributed by atoms with E-state index in [1.807, 2.05) is 12.1 Å². The standard InChI is InChI=1S/C27H27ClN2O5S2/c1-27(2,37(3,32)33)18-4-9-24-17(12-18)13-25(36-24)26(31)30-20-14-22(34-11-10-29)16-23(15-20)35-21-7-5-19(28)6-8-21/h4-9,12-16H,10-11,29H2,1-3H3,(H,30,31). The van der Waals surface area contributed by atoms with E-state index in [4.69, 9.17) is 26.8 Å². The second-order valence-electron chi connectivity index (χ2n) is 8.99. The Balaban J connectivity index is 1.60. The first kappa shape index (κ1) is 26.9. The Bertz CT molecular complexity index is 1550. The van der Waals surface area contributed by atoms with Gasteiger partial charge in [0.2, 0.25) is 0 Å². The van der Waals surface area contributed by atoms with Crippen LogP contribution in [0.2, 0.25) is 5.02 Å². The van der Waals surface area contributed by atoms with Crippen LogP contribution < -0.4 is 20.5 Å². The molecule has 194 valence electrons. The van der Waals surface area contributed by atoms with Crippen LogP contribution in [0.3, 0.4) is 0 Å². The molecule has 0 aliphatic heterocycles. The average Bonchev–Trinajstić information content (AvgIpc) is 3.27. The normalized spacial score (nSPS) is 11.9. The van der Waals surface area contributed by atoms with Gasteiger partial charge in [-0.25, -0.2) is 8.42 Å². The third-order valence-corrected chi connectivity index (χ3v) is 9.39. The molecule has 1 amide bonds. The van der Waals surface area contributed by atoms with Gasteiger partial charge in [0.1, 0.15) is 23.9 Å². The molecule has 7 nitrogen and oxygen atoms in total. The van der Waals surface area contributed by atoms with Crippen molar-refractivity contribution in [2.45, 2.75) is 18.6 Å². The maximum atomic E-state index is 13.1. The zero-order valence-electron chi connectivity index (χ0n) is 20.6. The smallest absolute Gasteiger partial charge is 0.265 e. The summed E-state index contributed by atoms with van der Waals surface area (Å²) in [5.41, 5.74) is 6.73. The Morgan fingerprint density at radius 1 is 1.00 bits per heavy atom. The van der Waals surface area contributed by atoms with Crippen LogP contribution >= 0.6 is 22.9 Å². The minimum Gasteiger partial charge on any atom is -0.492 e. The fraction of sp³-hybridized carbons (Fsp3) is 0.222. The Hall–Kier alpha value is -3.11. The van der Waals surface area contributed by atoms with Crippen molar-refractivity contribution in [3.8, 4) is 17.2 Å². The van der Waals surface area contributed by atoms with E-state index in [0.29, 0.717) is 51.6 Å². The number of amides is 1. The van der Waals surface area contributed by atoms with Gasteiger partial charge in [0.05, 0.1) is 9.62 Å². The van der Waals surface area contributed by atoms with Crippen molar-refractivity contribution in [3.63, 3.8) is 0 Å². The average molecular weight is 559 g/mol. The molecule has 3 aromatic carbocycles. The summed E-state index contributed by atoms with van der Waals surface area (Å²) >= 11 is 7.28. The van der Waals surface area contributed by atoms with Crippen LogP contribution in [0.4, 0.5) is 5.69 Å². The summed E-state index contributed by atoms with van der Waals surface area (Å²) in [7, 11) is -3.33. The first-order valence-corrected chi connectivity index (χ1v) is 14.5. The first-order chi connectivity index (χ1) is 17.5. The molecule has 4 rings (SSSR count). The summed E-state index contributed by atoms with van der Waals surface area (Å²) in [6.45, 7) is 3.99. The highest BCUT2D eigenvalue weighted by Crippen LogP contribution is 2.35. The van der Waals surface area contributed by atoms with E-state index in [0.717, 1.165) is 10.1 Å². The number of fused-ring (bicyclic) bond motifs is 1. The number of benzene rings is 3. The van der Waals surface area contributed by atoms with E-state index in [-0.39, 0.29) is 5.91 Å². The Kier molecular flexibility index (Phi) is 7.80. The number of carbonyl (C=O) groups excluding carboxylic acids is 1. The number of nitrogens with one attached hydrogen (secondary N) is 1. The molecule has 0 bridgehead atoms. The van der Waals surface area contributed by atoms with Crippen LogP contribution in [-0.4, -0.2) is 33.7 Å². The minimum atomic E-state index is -3.33. The van der Waals surface area contributed by atoms with Gasteiger partial charge in [-0.15, -0.1) is 11.3 Å². The zero-order chi connectivity index (χ0) is 26.8. The maximum absolute atomic E-state index is 13.1. The van der Waals surface area contributed by atoms with Crippen molar-refractivity contribution in [1.29, 1.82) is 0 Å². The lowest BCUT2D eigenvalue weighted by Crippen LogP contribution is -2.27. The number of anilines is 1. The molecule has 37 heavy (non-hydrogen) atoms. The van der Waals surface area contributed by atoms with E-state index < -0.39 is 14.6 Å². The number of sulfone groups is 1. The molecule has 0 unspecified atom stereocenters. The molecule has 0 radical (unpaired) electrons. The highest BCUT2D eigenvalue weighted by atomic mass is 35.5. The van der Waals surface area contributed by atoms with Crippen molar-refractivity contribution in [2.75, 3.05) is 24.7 Å². The van der Waals surface area contributed by atoms with E-state index >= 15 is 0 Å². The predicted octanol–water partition coefficient (Wildman–Crippen LogP) is 6.22. The number of nitrogens with two attached hydrogens (primary N) is 1. The second-order valence-corrected chi connectivity index (χ2v) is 13.1. The van der Waals surface area contributed by atoms with Crippen molar-refractivity contribution in [1.82, 2.24) is 0 Å². The molecule has 0 saturated heterocycles. The van der Waals surface area contributed by atoms with Crippen molar-refractivity contribution < 1.29 is 22.7 Å². The van der Waals surface area contributed by atoms with Gasteiger partial charge in [0.25, 0.3) is 5.91 Å². The quantitative estimate of drug-likeness (QED) is 0.252. The molecule has 3 N–H and O–H groups in total. The van der Waals surface area contributed by atoms with Gasteiger partial charge < -0.3 is 20.5 Å². The molecule has 10 heteroatoms. The van der Waals surface area contributed by atoms with E-state index in [1.165, 1.54) is 17.6 Å². The Morgan fingerprint density at radius 3 is 2.38 bits per heavy atom. The lowest BCUT2D eigenvalue weighted by Gasteiger charge is -2.23. The fourth-order valence-electron chi connectivity index (χ4n) is 3.54. The molecule has 0 atom stereocenters. The van der Waals surface area contributed by atoms with E-state index in [9.17, 15) is 13.2 Å². The SMILES string of the molecule is CC(C)(c1ccc2sc(C(=O)Nc3cc(OCCN)cc(Oc4ccc(Cl)cc4)c3)cc2c1)S(C)(=O)=O. The zero-order valence-corrected chi connectivity index (χ0v) is 23.0. The molecule has 0 spiro atoms. The van der Waals surface area contributed by atoms with Crippen LogP contribution in [-0.2, 0) is 14.6 Å². The van der Waals surface area contributed by atoms with Crippen LogP contribution in [0.15, 0.2) is 66.7 Å². The van der Waals surface area contributed by atoms with E-state index in [1.54, 1.807) is 68.4 Å². The van der Waals surface area contributed by atoms with Crippen molar-refractivity contribution in [3.05, 3.63) is 82.2 Å². The predicted molar refractivity (Wildman–Crippen MR) is 150 cm³/mol. The maximum Gasteiger partial charge on any atom is 0.265 e. The number of hydrogen-bond donors (Lipinski definition) is 2. The van der Waals surface area contributed by atoms with Gasteiger partial charge in [0.15, 0.2) is 9.84 Å². The topological polar surface area (TPSA) is 108 Å². The van der Waals surface area contributed by atoms with Crippen molar-refractivity contribution >= 4 is 54.5 Å². The molecule has 0 saturated carbocycles. The largest absolute Gasteiger partial charge is 0.492 e. The Labute approximate surface area is 225 Å². The lowest BCUT2D eigenvalue weighted by atomic mass is 10.0. The molecular weight excluding hydrogens is 532 g/mol. The van der Waals surface area contributed by atoms with Gasteiger partial charge in [-0.3, -0.25) is 4.79 Å². The molecule has 1 heterocycles. The highest BCUT2D eigenvalue weighted by Gasteiger charge is 2.32. The second kappa shape index (κ2) is 10.7. The van der Waals surface area contributed by atoms with Crippen molar-refractivity contribution in [2.24, 2.45) is 5.73 Å². The van der Waals surface area contributed by atoms with Crippen LogP contribution in [0.25, 0.3) is 10.1 Å². The van der Waals surface area contributed by atoms with Gasteiger partial charge >= 0.3 is 0 Å². The number of ether oxygens (including phenoxy) is 2. The Morgan fingerprint density at radius 2 is 1.70 bits per heavy atom. The minimum absolute atomic E-state index is 0.306. The van der Waals surface area contributed by atoms with Gasteiger partial charge in [-0.2, -0.15) is 0 Å². The van der Waals surface area contributed by atoms with Crippen LogP contribution in [0, 0.1) is 0 Å². The van der Waals surface area contributed by atoms with Crippen LogP contribution in [0.5, 0.6) is 17.2 Å². The van der Waals surface area contributed by atoms with E-state index in [2.05, 4.69) is 5.32 Å². The number of carbonyl (C=O) groups is 1. The molecule has 4 aromatic rings. The molecular formula is C27H27ClN2O5S2. The molecule has 0 fully saturated rings. The van der Waals surface area contributed by atoms with Gasteiger partial charge in [0, 0.05) is 46.4 Å². The summed E-state index contributed by atoms with van der Waals surface area (Å²) < 4.78 is 36.0. The lowest BCUT2D eigenvalue weighted by molar-refractivity contribution is 0.103. The molecule has 1 aromatic heterocycles. The third-order valence-electron chi connectivity index (χ3n) is 5.94. The number of halogens is 1. The van der Waals surface area contributed by atoms with Crippen LogP contribution in [0.1, 0.15) is 29.1 Å².